The Morgan fingerprint density at radius 1 is 1.53 bits per heavy atom. The van der Waals surface area contributed by atoms with E-state index in [9.17, 15) is 9.50 Å². The molecule has 94 valence electrons. The van der Waals surface area contributed by atoms with Gasteiger partial charge in [0.15, 0.2) is 11.6 Å². The summed E-state index contributed by atoms with van der Waals surface area (Å²) in [6, 6.07) is 2.95. The number of anilines is 1. The van der Waals surface area contributed by atoms with Crippen molar-refractivity contribution in [2.45, 2.75) is 38.1 Å². The molecular weight excluding hydrogens is 219 g/mol. The molecule has 1 aromatic heterocycles. The maximum atomic E-state index is 13.5. The van der Waals surface area contributed by atoms with Crippen LogP contribution in [-0.2, 0) is 0 Å². The highest BCUT2D eigenvalue weighted by Crippen LogP contribution is 2.34. The highest BCUT2D eigenvalue weighted by atomic mass is 19.1. The third kappa shape index (κ3) is 2.75. The zero-order valence-corrected chi connectivity index (χ0v) is 10.1. The van der Waals surface area contributed by atoms with Crippen LogP contribution in [0.2, 0.25) is 0 Å². The SMILES string of the molecule is CC1CCC(CO)(Nc2ncccc2F)CC1. The lowest BCUT2D eigenvalue weighted by Crippen LogP contribution is -2.45. The van der Waals surface area contributed by atoms with Crippen LogP contribution in [-0.4, -0.2) is 22.2 Å². The quantitative estimate of drug-likeness (QED) is 0.850. The lowest BCUT2D eigenvalue weighted by atomic mass is 9.77. The minimum Gasteiger partial charge on any atom is -0.394 e. The number of nitrogens with zero attached hydrogens (tertiary/aromatic N) is 1. The average Bonchev–Trinajstić information content (AvgIpc) is 2.35. The van der Waals surface area contributed by atoms with Gasteiger partial charge in [0.25, 0.3) is 0 Å². The first-order chi connectivity index (χ1) is 8.15. The molecule has 2 N–H and O–H groups in total. The van der Waals surface area contributed by atoms with Gasteiger partial charge in [0.05, 0.1) is 12.1 Å². The second-order valence-electron chi connectivity index (χ2n) is 5.08. The number of rotatable bonds is 3. The second kappa shape index (κ2) is 5.00. The lowest BCUT2D eigenvalue weighted by molar-refractivity contribution is 0.154. The minimum absolute atomic E-state index is 0.0235. The summed E-state index contributed by atoms with van der Waals surface area (Å²) in [4.78, 5) is 3.99. The van der Waals surface area contributed by atoms with Gasteiger partial charge in [-0.3, -0.25) is 0 Å². The molecule has 1 heterocycles. The molecule has 0 spiro atoms. The fourth-order valence-corrected chi connectivity index (χ4v) is 2.37. The van der Waals surface area contributed by atoms with Crippen molar-refractivity contribution in [2.24, 2.45) is 5.92 Å². The van der Waals surface area contributed by atoms with Crippen LogP contribution in [0.3, 0.4) is 0 Å². The van der Waals surface area contributed by atoms with E-state index in [1.54, 1.807) is 12.3 Å². The Balaban J connectivity index is 2.12. The van der Waals surface area contributed by atoms with Crippen molar-refractivity contribution in [1.82, 2.24) is 4.98 Å². The summed E-state index contributed by atoms with van der Waals surface area (Å²) in [5.41, 5.74) is -0.401. The van der Waals surface area contributed by atoms with Crippen molar-refractivity contribution >= 4 is 5.82 Å². The molecule has 4 heteroatoms. The van der Waals surface area contributed by atoms with Crippen LogP contribution in [0.25, 0.3) is 0 Å². The standard InChI is InChI=1S/C13H19FN2O/c1-10-4-6-13(9-17,7-5-10)16-12-11(14)3-2-8-15-12/h2-3,8,10,17H,4-7,9H2,1H3,(H,15,16). The predicted octanol–water partition coefficient (Wildman–Crippen LogP) is 2.57. The zero-order chi connectivity index (χ0) is 12.3. The third-order valence-corrected chi connectivity index (χ3v) is 3.68. The monoisotopic (exact) mass is 238 g/mol. The number of hydrogen-bond donors (Lipinski definition) is 2. The van der Waals surface area contributed by atoms with E-state index in [-0.39, 0.29) is 18.2 Å². The first kappa shape index (κ1) is 12.3. The van der Waals surface area contributed by atoms with Crippen LogP contribution in [0.5, 0.6) is 0 Å². The van der Waals surface area contributed by atoms with Gasteiger partial charge in [-0.15, -0.1) is 0 Å². The maximum Gasteiger partial charge on any atom is 0.165 e. The fraction of sp³-hybridized carbons (Fsp3) is 0.615. The Labute approximate surface area is 101 Å². The van der Waals surface area contributed by atoms with Gasteiger partial charge in [-0.2, -0.15) is 0 Å². The molecule has 0 unspecified atom stereocenters. The first-order valence-electron chi connectivity index (χ1n) is 6.15. The van der Waals surface area contributed by atoms with Gasteiger partial charge < -0.3 is 10.4 Å². The average molecular weight is 238 g/mol. The Morgan fingerprint density at radius 3 is 2.82 bits per heavy atom. The highest BCUT2D eigenvalue weighted by molar-refractivity contribution is 5.39. The van der Waals surface area contributed by atoms with E-state index in [0.29, 0.717) is 5.92 Å². The number of nitrogens with one attached hydrogen (secondary N) is 1. The second-order valence-corrected chi connectivity index (χ2v) is 5.08. The molecule has 2 rings (SSSR count). The summed E-state index contributed by atoms with van der Waals surface area (Å²) < 4.78 is 13.5. The molecule has 1 aliphatic carbocycles. The lowest BCUT2D eigenvalue weighted by Gasteiger charge is -2.39. The van der Waals surface area contributed by atoms with Crippen molar-refractivity contribution < 1.29 is 9.50 Å². The highest BCUT2D eigenvalue weighted by Gasteiger charge is 2.34. The Kier molecular flexibility index (Phi) is 3.62. The van der Waals surface area contributed by atoms with Gasteiger partial charge in [0, 0.05) is 6.20 Å². The molecule has 0 radical (unpaired) electrons. The number of halogens is 1. The summed E-state index contributed by atoms with van der Waals surface area (Å²) in [5.74, 6) is 0.570. The summed E-state index contributed by atoms with van der Waals surface area (Å²) >= 11 is 0. The van der Waals surface area contributed by atoms with Gasteiger partial charge in [0.1, 0.15) is 0 Å². The minimum atomic E-state index is -0.401. The molecule has 1 aromatic rings. The number of aliphatic hydroxyl groups is 1. The molecular formula is C13H19FN2O. The van der Waals surface area contributed by atoms with E-state index in [1.807, 2.05) is 0 Å². The maximum absolute atomic E-state index is 13.5. The Morgan fingerprint density at radius 2 is 2.24 bits per heavy atom. The largest absolute Gasteiger partial charge is 0.394 e. The first-order valence-corrected chi connectivity index (χ1v) is 6.15. The molecule has 0 aliphatic heterocycles. The van der Waals surface area contributed by atoms with Crippen molar-refractivity contribution in [3.8, 4) is 0 Å². The van der Waals surface area contributed by atoms with Gasteiger partial charge in [-0.05, 0) is 43.7 Å². The van der Waals surface area contributed by atoms with Gasteiger partial charge in [0.2, 0.25) is 0 Å². The summed E-state index contributed by atoms with van der Waals surface area (Å²) in [7, 11) is 0. The number of aromatic nitrogens is 1. The topological polar surface area (TPSA) is 45.1 Å². The molecule has 17 heavy (non-hydrogen) atoms. The molecule has 0 bridgehead atoms. The Bertz CT molecular complexity index is 375. The molecule has 1 saturated carbocycles. The van der Waals surface area contributed by atoms with E-state index >= 15 is 0 Å². The molecule has 0 saturated heterocycles. The fourth-order valence-electron chi connectivity index (χ4n) is 2.37. The zero-order valence-electron chi connectivity index (χ0n) is 10.1. The van der Waals surface area contributed by atoms with E-state index in [0.717, 1.165) is 25.7 Å². The third-order valence-electron chi connectivity index (χ3n) is 3.68. The van der Waals surface area contributed by atoms with Crippen molar-refractivity contribution in [3.05, 3.63) is 24.1 Å². The van der Waals surface area contributed by atoms with Crippen LogP contribution < -0.4 is 5.32 Å². The molecule has 0 aromatic carbocycles. The summed E-state index contributed by atoms with van der Waals surface area (Å²) in [6.07, 6.45) is 5.40. The molecule has 0 amide bonds. The molecule has 1 aliphatic rings. The molecule has 0 atom stereocenters. The van der Waals surface area contributed by atoms with Crippen LogP contribution >= 0.6 is 0 Å². The van der Waals surface area contributed by atoms with E-state index in [4.69, 9.17) is 0 Å². The van der Waals surface area contributed by atoms with E-state index in [1.165, 1.54) is 6.07 Å². The van der Waals surface area contributed by atoms with Gasteiger partial charge >= 0.3 is 0 Å². The molecule has 3 nitrogen and oxygen atoms in total. The predicted molar refractivity (Wildman–Crippen MR) is 65.3 cm³/mol. The molecule has 1 fully saturated rings. The number of aliphatic hydroxyl groups excluding tert-OH is 1. The van der Waals surface area contributed by atoms with Crippen LogP contribution in [0.15, 0.2) is 18.3 Å². The number of pyridine rings is 1. The smallest absolute Gasteiger partial charge is 0.165 e. The summed E-state index contributed by atoms with van der Waals surface area (Å²) in [6.45, 7) is 2.23. The van der Waals surface area contributed by atoms with Gasteiger partial charge in [-0.1, -0.05) is 6.92 Å². The van der Waals surface area contributed by atoms with Crippen LogP contribution in [0.1, 0.15) is 32.6 Å². The van der Waals surface area contributed by atoms with Crippen molar-refractivity contribution in [1.29, 1.82) is 0 Å². The van der Waals surface area contributed by atoms with E-state index in [2.05, 4.69) is 17.2 Å². The van der Waals surface area contributed by atoms with Crippen LogP contribution in [0.4, 0.5) is 10.2 Å². The van der Waals surface area contributed by atoms with Crippen molar-refractivity contribution in [2.75, 3.05) is 11.9 Å². The normalized spacial score (nSPS) is 29.0. The summed E-state index contributed by atoms with van der Waals surface area (Å²) in [5, 5.41) is 12.7. The van der Waals surface area contributed by atoms with E-state index < -0.39 is 5.54 Å². The Hall–Kier alpha value is -1.16. The van der Waals surface area contributed by atoms with Gasteiger partial charge in [-0.25, -0.2) is 9.37 Å². The van der Waals surface area contributed by atoms with Crippen LogP contribution in [0, 0.1) is 11.7 Å². The van der Waals surface area contributed by atoms with Crippen molar-refractivity contribution in [3.63, 3.8) is 0 Å². The number of hydrogen-bond acceptors (Lipinski definition) is 3.